The second kappa shape index (κ2) is 15.4. The third-order valence-electron chi connectivity index (χ3n) is 7.39. The molecule has 9 nitrogen and oxygen atoms in total. The lowest BCUT2D eigenvalue weighted by Gasteiger charge is -2.42. The average molecular weight is 602 g/mol. The summed E-state index contributed by atoms with van der Waals surface area (Å²) in [4.78, 5) is 56.9. The van der Waals surface area contributed by atoms with Gasteiger partial charge in [-0.3, -0.25) is 14.5 Å². The van der Waals surface area contributed by atoms with Gasteiger partial charge in [0, 0.05) is 25.1 Å². The quantitative estimate of drug-likeness (QED) is 0.237. The second-order valence-corrected chi connectivity index (χ2v) is 13.8. The van der Waals surface area contributed by atoms with Crippen molar-refractivity contribution in [1.82, 2.24) is 15.1 Å². The van der Waals surface area contributed by atoms with Crippen LogP contribution in [0.1, 0.15) is 94.6 Å². The van der Waals surface area contributed by atoms with Gasteiger partial charge in [-0.2, -0.15) is 0 Å². The van der Waals surface area contributed by atoms with Crippen LogP contribution in [0.4, 0.5) is 4.79 Å². The van der Waals surface area contributed by atoms with E-state index in [1.165, 1.54) is 4.90 Å². The van der Waals surface area contributed by atoms with Crippen LogP contribution in [0.3, 0.4) is 0 Å². The van der Waals surface area contributed by atoms with E-state index in [-0.39, 0.29) is 18.6 Å². The topological polar surface area (TPSA) is 105 Å². The zero-order valence-electron chi connectivity index (χ0n) is 28.7. The van der Waals surface area contributed by atoms with E-state index in [1.807, 2.05) is 71.9 Å². The average Bonchev–Trinajstić information content (AvgIpc) is 2.89. The largest absolute Gasteiger partial charge is 0.463 e. The molecule has 0 unspecified atom stereocenters. The third kappa shape index (κ3) is 10.7. The molecule has 0 radical (unpaired) electrons. The van der Waals surface area contributed by atoms with E-state index >= 15 is 0 Å². The molecule has 1 N–H and O–H groups in total. The van der Waals surface area contributed by atoms with E-state index < -0.39 is 46.5 Å². The maximum absolute atomic E-state index is 14.3. The number of nitrogens with zero attached hydrogens (tertiary/aromatic N) is 2. The van der Waals surface area contributed by atoms with Crippen LogP contribution >= 0.6 is 0 Å². The Morgan fingerprint density at radius 1 is 0.907 bits per heavy atom. The van der Waals surface area contributed by atoms with Gasteiger partial charge >= 0.3 is 12.1 Å². The molecule has 0 aliphatic carbocycles. The SMILES string of the molecule is CCC[C@@H](/C=C(\C)C(=O)OCC)N(C)C(=O)[C@@H](NC(=O)[C@@H](N(C)C(=O)OC(C)(C)C)C(C)(C)c1ccccc1)C(C)(C)C. The standard InChI is InChI=1S/C34H55N3O6/c1-14-19-25(22-23(3)30(40)42-15-2)36(12)29(39)26(32(4,5)6)35-28(38)27(37(13)31(41)43-33(7,8)9)34(10,11)24-20-17-16-18-21-24/h16-18,20-22,25-27H,14-15,19H2,1-13H3,(H,35,38)/b23-22+/t25-,26+,27+/m0/s1. The molecular weight excluding hydrogens is 546 g/mol. The first-order chi connectivity index (χ1) is 19.7. The number of amides is 3. The molecule has 0 spiro atoms. The summed E-state index contributed by atoms with van der Waals surface area (Å²) in [5, 5.41) is 3.01. The summed E-state index contributed by atoms with van der Waals surface area (Å²) in [6.45, 7) is 20.4. The Balaban J connectivity index is 3.56. The molecule has 43 heavy (non-hydrogen) atoms. The minimum atomic E-state index is -1.01. The summed E-state index contributed by atoms with van der Waals surface area (Å²) in [6.07, 6.45) is 2.50. The number of esters is 1. The molecule has 1 aromatic rings. The van der Waals surface area contributed by atoms with Gasteiger partial charge in [-0.25, -0.2) is 9.59 Å². The number of carbonyl (C=O) groups is 4. The van der Waals surface area contributed by atoms with E-state index in [0.29, 0.717) is 12.0 Å². The smallest absolute Gasteiger partial charge is 0.410 e. The van der Waals surface area contributed by atoms with Crippen LogP contribution < -0.4 is 5.32 Å². The van der Waals surface area contributed by atoms with Crippen molar-refractivity contribution in [2.75, 3.05) is 20.7 Å². The van der Waals surface area contributed by atoms with E-state index in [9.17, 15) is 19.2 Å². The highest BCUT2D eigenvalue weighted by molar-refractivity contribution is 5.93. The molecule has 0 aromatic heterocycles. The lowest BCUT2D eigenvalue weighted by Crippen LogP contribution is -2.63. The number of likely N-dealkylation sites (N-methyl/N-ethyl adjacent to an activating group) is 2. The van der Waals surface area contributed by atoms with E-state index in [0.717, 1.165) is 12.0 Å². The zero-order valence-corrected chi connectivity index (χ0v) is 28.7. The fourth-order valence-corrected chi connectivity index (χ4v) is 4.98. The highest BCUT2D eigenvalue weighted by Gasteiger charge is 2.45. The summed E-state index contributed by atoms with van der Waals surface area (Å²) >= 11 is 0. The molecule has 0 heterocycles. The van der Waals surface area contributed by atoms with Crippen LogP contribution in [-0.4, -0.2) is 78.1 Å². The highest BCUT2D eigenvalue weighted by atomic mass is 16.6. The van der Waals surface area contributed by atoms with Crippen molar-refractivity contribution in [3.8, 4) is 0 Å². The van der Waals surface area contributed by atoms with Crippen LogP contribution in [0, 0.1) is 5.41 Å². The van der Waals surface area contributed by atoms with Crippen LogP contribution in [0.2, 0.25) is 0 Å². The van der Waals surface area contributed by atoms with Gasteiger partial charge < -0.3 is 19.7 Å². The number of ether oxygens (including phenoxy) is 2. The molecule has 1 rings (SSSR count). The molecule has 0 saturated carbocycles. The molecule has 0 bridgehead atoms. The molecule has 3 atom stereocenters. The van der Waals surface area contributed by atoms with Gasteiger partial charge in [0.25, 0.3) is 0 Å². The van der Waals surface area contributed by atoms with Gasteiger partial charge in [0.15, 0.2) is 0 Å². The number of carbonyl (C=O) groups excluding carboxylic acids is 4. The van der Waals surface area contributed by atoms with Crippen molar-refractivity contribution in [3.63, 3.8) is 0 Å². The molecule has 1 aromatic carbocycles. The van der Waals surface area contributed by atoms with E-state index in [2.05, 4.69) is 5.32 Å². The maximum Gasteiger partial charge on any atom is 0.410 e. The Bertz CT molecular complexity index is 1130. The monoisotopic (exact) mass is 601 g/mol. The second-order valence-electron chi connectivity index (χ2n) is 13.8. The van der Waals surface area contributed by atoms with Crippen LogP contribution in [0.15, 0.2) is 42.0 Å². The van der Waals surface area contributed by atoms with Gasteiger partial charge in [0.1, 0.15) is 17.7 Å². The summed E-state index contributed by atoms with van der Waals surface area (Å²) in [5.41, 5.74) is -1.02. The predicted octanol–water partition coefficient (Wildman–Crippen LogP) is 5.87. The number of hydrogen-bond donors (Lipinski definition) is 1. The molecule has 242 valence electrons. The van der Waals surface area contributed by atoms with Crippen LogP contribution in [-0.2, 0) is 29.3 Å². The van der Waals surface area contributed by atoms with Crippen LogP contribution in [0.25, 0.3) is 0 Å². The highest BCUT2D eigenvalue weighted by Crippen LogP contribution is 2.32. The molecule has 0 aliphatic heterocycles. The molecular formula is C34H55N3O6. The first kappa shape index (κ1) is 37.7. The summed E-state index contributed by atoms with van der Waals surface area (Å²) < 4.78 is 10.8. The summed E-state index contributed by atoms with van der Waals surface area (Å²) in [6, 6.07) is 7.16. The predicted molar refractivity (Wildman–Crippen MR) is 170 cm³/mol. The minimum absolute atomic E-state index is 0.258. The van der Waals surface area contributed by atoms with Crippen molar-refractivity contribution in [2.24, 2.45) is 5.41 Å². The third-order valence-corrected chi connectivity index (χ3v) is 7.39. The molecule has 9 heteroatoms. The Labute approximate surface area is 259 Å². The Kier molecular flexibility index (Phi) is 13.5. The van der Waals surface area contributed by atoms with Crippen molar-refractivity contribution in [1.29, 1.82) is 0 Å². The lowest BCUT2D eigenvalue weighted by molar-refractivity contribution is -0.141. The van der Waals surface area contributed by atoms with Crippen molar-refractivity contribution < 1.29 is 28.7 Å². The minimum Gasteiger partial charge on any atom is -0.463 e. The van der Waals surface area contributed by atoms with E-state index in [1.54, 1.807) is 59.7 Å². The molecule has 0 aliphatic rings. The fourth-order valence-electron chi connectivity index (χ4n) is 4.98. The fraction of sp³-hybridized carbons (Fsp3) is 0.647. The Morgan fingerprint density at radius 2 is 1.47 bits per heavy atom. The summed E-state index contributed by atoms with van der Waals surface area (Å²) in [5.74, 6) is -1.21. The summed E-state index contributed by atoms with van der Waals surface area (Å²) in [7, 11) is 3.23. The first-order valence-corrected chi connectivity index (χ1v) is 15.1. The van der Waals surface area contributed by atoms with Gasteiger partial charge in [0.05, 0.1) is 12.6 Å². The van der Waals surface area contributed by atoms with E-state index in [4.69, 9.17) is 9.47 Å². The zero-order chi connectivity index (χ0) is 33.3. The Hall–Kier alpha value is -3.36. The van der Waals surface area contributed by atoms with Crippen LogP contribution in [0.5, 0.6) is 0 Å². The number of nitrogens with one attached hydrogen (secondary N) is 1. The van der Waals surface area contributed by atoms with Gasteiger partial charge in [-0.15, -0.1) is 0 Å². The van der Waals surface area contributed by atoms with Crippen molar-refractivity contribution in [3.05, 3.63) is 47.5 Å². The first-order valence-electron chi connectivity index (χ1n) is 15.1. The number of hydrogen-bond acceptors (Lipinski definition) is 6. The lowest BCUT2D eigenvalue weighted by atomic mass is 9.76. The van der Waals surface area contributed by atoms with Crippen molar-refractivity contribution in [2.45, 2.75) is 118 Å². The van der Waals surface area contributed by atoms with Gasteiger partial charge in [0.2, 0.25) is 11.8 Å². The van der Waals surface area contributed by atoms with Crippen molar-refractivity contribution >= 4 is 23.9 Å². The molecule has 0 fully saturated rings. The Morgan fingerprint density at radius 3 is 1.93 bits per heavy atom. The van der Waals surface area contributed by atoms with Gasteiger partial charge in [-0.1, -0.05) is 84.4 Å². The number of rotatable bonds is 12. The molecule has 0 saturated heterocycles. The van der Waals surface area contributed by atoms with Gasteiger partial charge in [-0.05, 0) is 52.0 Å². The normalized spacial score (nSPS) is 14.7. The molecule has 3 amide bonds. The number of benzene rings is 1. The maximum atomic E-state index is 14.3.